The lowest BCUT2D eigenvalue weighted by atomic mass is 9.89. The molecule has 0 saturated carbocycles. The largest absolute Gasteiger partial charge is 0.467 e. The monoisotopic (exact) mass is 341 g/mol. The number of rotatable bonds is 3. The van der Waals surface area contributed by atoms with E-state index >= 15 is 0 Å². The average molecular weight is 341 g/mol. The molecule has 0 amide bonds. The molecule has 0 aromatic heterocycles. The Bertz CT molecular complexity index is 950. The van der Waals surface area contributed by atoms with Crippen LogP contribution in [0.2, 0.25) is 0 Å². The van der Waals surface area contributed by atoms with E-state index in [-0.39, 0.29) is 6.10 Å². The van der Waals surface area contributed by atoms with Gasteiger partial charge in [0.2, 0.25) is 5.90 Å². The fourth-order valence-electron chi connectivity index (χ4n) is 3.89. The molecule has 0 aliphatic carbocycles. The maximum atomic E-state index is 6.25. The third-order valence-electron chi connectivity index (χ3n) is 4.93. The first-order valence-electron chi connectivity index (χ1n) is 9.07. The first-order valence-corrected chi connectivity index (χ1v) is 9.07. The predicted molar refractivity (Wildman–Crippen MR) is 108 cm³/mol. The van der Waals surface area contributed by atoms with Crippen molar-refractivity contribution in [2.75, 3.05) is 6.54 Å². The number of nitrogens with zero attached hydrogens (tertiary/aromatic N) is 1. The lowest BCUT2D eigenvalue weighted by Crippen LogP contribution is -2.08. The van der Waals surface area contributed by atoms with Crippen molar-refractivity contribution in [3.8, 4) is 11.1 Å². The van der Waals surface area contributed by atoms with E-state index in [4.69, 9.17) is 4.74 Å². The Morgan fingerprint density at radius 2 is 1.50 bits per heavy atom. The molecule has 2 nitrogen and oxygen atoms in total. The Kier molecular flexibility index (Phi) is 4.34. The van der Waals surface area contributed by atoms with E-state index in [1.54, 1.807) is 0 Å². The summed E-state index contributed by atoms with van der Waals surface area (Å²) in [5, 5.41) is 0. The van der Waals surface area contributed by atoms with Gasteiger partial charge in [-0.1, -0.05) is 60.2 Å². The first kappa shape index (κ1) is 16.6. The van der Waals surface area contributed by atoms with E-state index < -0.39 is 0 Å². The van der Waals surface area contributed by atoms with E-state index in [2.05, 4.69) is 62.2 Å². The molecule has 0 fully saturated rings. The summed E-state index contributed by atoms with van der Waals surface area (Å²) in [4.78, 5) is 4.65. The van der Waals surface area contributed by atoms with Crippen LogP contribution in [0.4, 0.5) is 0 Å². The van der Waals surface area contributed by atoms with Gasteiger partial charge in [-0.25, -0.2) is 4.99 Å². The van der Waals surface area contributed by atoms with Gasteiger partial charge in [0.15, 0.2) is 0 Å². The lowest BCUT2D eigenvalue weighted by Gasteiger charge is -2.19. The minimum atomic E-state index is -0.0403. The Balaban J connectivity index is 1.71. The average Bonchev–Trinajstić information content (AvgIpc) is 3.12. The van der Waals surface area contributed by atoms with Crippen LogP contribution in [0.15, 0.2) is 71.7 Å². The zero-order valence-corrected chi connectivity index (χ0v) is 15.5. The SMILES string of the molecule is Cc1cc(C)c(-c2ccccc2C2CN=C(c3ccccc3)O2)c(C)c1. The molecule has 4 rings (SSSR count). The van der Waals surface area contributed by atoms with Gasteiger partial charge in [-0.15, -0.1) is 0 Å². The second kappa shape index (κ2) is 6.80. The maximum Gasteiger partial charge on any atom is 0.216 e. The third kappa shape index (κ3) is 3.03. The second-order valence-electron chi connectivity index (χ2n) is 6.98. The van der Waals surface area contributed by atoms with Crippen LogP contribution in [0.1, 0.15) is 33.9 Å². The van der Waals surface area contributed by atoms with Gasteiger partial charge in [0.05, 0.1) is 6.54 Å². The van der Waals surface area contributed by atoms with Crippen LogP contribution in [-0.2, 0) is 4.74 Å². The van der Waals surface area contributed by atoms with Crippen LogP contribution in [0.3, 0.4) is 0 Å². The molecule has 1 aliphatic rings. The maximum absolute atomic E-state index is 6.25. The molecule has 1 atom stereocenters. The number of aryl methyl sites for hydroxylation is 3. The first-order chi connectivity index (χ1) is 12.6. The van der Waals surface area contributed by atoms with Gasteiger partial charge in [0.25, 0.3) is 0 Å². The van der Waals surface area contributed by atoms with Crippen molar-refractivity contribution in [2.24, 2.45) is 4.99 Å². The summed E-state index contributed by atoms with van der Waals surface area (Å²) in [6, 6.07) is 23.2. The van der Waals surface area contributed by atoms with Gasteiger partial charge < -0.3 is 4.74 Å². The Labute approximate surface area is 155 Å². The van der Waals surface area contributed by atoms with E-state index in [0.717, 1.165) is 11.5 Å². The quantitative estimate of drug-likeness (QED) is 0.590. The van der Waals surface area contributed by atoms with Crippen LogP contribution < -0.4 is 0 Å². The van der Waals surface area contributed by atoms with E-state index in [9.17, 15) is 0 Å². The van der Waals surface area contributed by atoms with E-state index in [0.29, 0.717) is 6.54 Å². The zero-order valence-electron chi connectivity index (χ0n) is 15.5. The van der Waals surface area contributed by atoms with Gasteiger partial charge in [0.1, 0.15) is 6.10 Å². The van der Waals surface area contributed by atoms with Crippen LogP contribution >= 0.6 is 0 Å². The summed E-state index contributed by atoms with van der Waals surface area (Å²) in [6.07, 6.45) is -0.0403. The molecule has 2 heteroatoms. The summed E-state index contributed by atoms with van der Waals surface area (Å²) in [5.41, 5.74) is 8.70. The highest BCUT2D eigenvalue weighted by atomic mass is 16.5. The van der Waals surface area contributed by atoms with Crippen molar-refractivity contribution in [2.45, 2.75) is 26.9 Å². The number of benzene rings is 3. The fraction of sp³-hybridized carbons (Fsp3) is 0.208. The summed E-state index contributed by atoms with van der Waals surface area (Å²) in [5.74, 6) is 0.739. The molecule has 1 heterocycles. The molecule has 26 heavy (non-hydrogen) atoms. The molecule has 1 unspecified atom stereocenters. The van der Waals surface area contributed by atoms with Crippen LogP contribution in [0, 0.1) is 20.8 Å². The molecular weight excluding hydrogens is 318 g/mol. The molecule has 0 spiro atoms. The van der Waals surface area contributed by atoms with Gasteiger partial charge in [-0.05, 0) is 55.2 Å². The second-order valence-corrected chi connectivity index (χ2v) is 6.98. The molecule has 0 bridgehead atoms. The number of hydrogen-bond acceptors (Lipinski definition) is 2. The smallest absolute Gasteiger partial charge is 0.216 e. The third-order valence-corrected chi connectivity index (χ3v) is 4.93. The zero-order chi connectivity index (χ0) is 18.1. The van der Waals surface area contributed by atoms with Crippen LogP contribution in [-0.4, -0.2) is 12.4 Å². The minimum absolute atomic E-state index is 0.0403. The number of aliphatic imine (C=N–C) groups is 1. The van der Waals surface area contributed by atoms with Gasteiger partial charge in [0, 0.05) is 11.1 Å². The molecular formula is C24H23NO. The van der Waals surface area contributed by atoms with Crippen LogP contribution in [0.5, 0.6) is 0 Å². The normalized spacial score (nSPS) is 16.3. The Morgan fingerprint density at radius 1 is 0.846 bits per heavy atom. The van der Waals surface area contributed by atoms with Crippen molar-refractivity contribution >= 4 is 5.90 Å². The highest BCUT2D eigenvalue weighted by Gasteiger charge is 2.25. The molecule has 3 aromatic carbocycles. The molecule has 130 valence electrons. The summed E-state index contributed by atoms with van der Waals surface area (Å²) < 4.78 is 6.25. The highest BCUT2D eigenvalue weighted by Crippen LogP contribution is 2.36. The van der Waals surface area contributed by atoms with Crippen molar-refractivity contribution in [1.29, 1.82) is 0 Å². The number of hydrogen-bond donors (Lipinski definition) is 0. The van der Waals surface area contributed by atoms with Crippen molar-refractivity contribution in [3.05, 3.63) is 94.5 Å². The Hall–Kier alpha value is -2.87. The molecule has 3 aromatic rings. The van der Waals surface area contributed by atoms with Gasteiger partial charge >= 0.3 is 0 Å². The Morgan fingerprint density at radius 3 is 2.23 bits per heavy atom. The predicted octanol–water partition coefficient (Wildman–Crippen LogP) is 5.80. The summed E-state index contributed by atoms with van der Waals surface area (Å²) >= 11 is 0. The summed E-state index contributed by atoms with van der Waals surface area (Å²) in [6.45, 7) is 7.18. The fourth-order valence-corrected chi connectivity index (χ4v) is 3.89. The van der Waals surface area contributed by atoms with Gasteiger partial charge in [-0.3, -0.25) is 0 Å². The highest BCUT2D eigenvalue weighted by molar-refractivity contribution is 5.95. The van der Waals surface area contributed by atoms with Crippen molar-refractivity contribution in [3.63, 3.8) is 0 Å². The van der Waals surface area contributed by atoms with E-state index in [1.165, 1.54) is 33.4 Å². The standard InChI is InChI=1S/C24H23NO/c1-16-13-17(2)23(18(3)14-16)21-12-8-7-11-20(21)22-15-25-24(26-22)19-9-5-4-6-10-19/h4-14,22H,15H2,1-3H3. The van der Waals surface area contributed by atoms with Gasteiger partial charge in [-0.2, -0.15) is 0 Å². The van der Waals surface area contributed by atoms with E-state index in [1.807, 2.05) is 30.3 Å². The molecule has 0 radical (unpaired) electrons. The minimum Gasteiger partial charge on any atom is -0.467 e. The molecule has 0 N–H and O–H groups in total. The van der Waals surface area contributed by atoms with Crippen LogP contribution in [0.25, 0.3) is 11.1 Å². The molecule has 1 aliphatic heterocycles. The number of ether oxygens (including phenoxy) is 1. The summed E-state index contributed by atoms with van der Waals surface area (Å²) in [7, 11) is 0. The molecule has 0 saturated heterocycles. The van der Waals surface area contributed by atoms with Crippen molar-refractivity contribution < 1.29 is 4.74 Å². The lowest BCUT2D eigenvalue weighted by molar-refractivity contribution is 0.231. The van der Waals surface area contributed by atoms with Crippen molar-refractivity contribution in [1.82, 2.24) is 0 Å². The topological polar surface area (TPSA) is 21.6 Å².